The quantitative estimate of drug-likeness (QED) is 0.315. The SMILES string of the molecule is CSc1nc2[nH]c(=O)c(C#N)c(-c3ccc([N+](=O)[O-])cc3)c2c(=O)[nH]1. The third kappa shape index (κ3) is 2.77. The maximum atomic E-state index is 12.5. The Hall–Kier alpha value is -3.45. The smallest absolute Gasteiger partial charge is 0.269 e. The molecule has 2 aromatic heterocycles. The van der Waals surface area contributed by atoms with Crippen LogP contribution in [-0.2, 0) is 0 Å². The molecule has 0 saturated heterocycles. The summed E-state index contributed by atoms with van der Waals surface area (Å²) in [5, 5.41) is 20.5. The van der Waals surface area contributed by atoms with Crippen LogP contribution in [0, 0.1) is 21.4 Å². The predicted octanol–water partition coefficient (Wildman–Crippen LogP) is 1.78. The van der Waals surface area contributed by atoms with Crippen molar-refractivity contribution in [2.24, 2.45) is 0 Å². The minimum absolute atomic E-state index is 0.0443. The number of hydrogen-bond acceptors (Lipinski definition) is 7. The zero-order valence-corrected chi connectivity index (χ0v) is 13.5. The molecule has 0 radical (unpaired) electrons. The number of nitrogens with zero attached hydrogens (tertiary/aromatic N) is 3. The molecule has 0 saturated carbocycles. The number of nitriles is 1. The molecule has 0 aliphatic carbocycles. The number of aromatic amines is 2. The van der Waals surface area contributed by atoms with Gasteiger partial charge in [0, 0.05) is 17.7 Å². The Bertz CT molecular complexity index is 1160. The van der Waals surface area contributed by atoms with Gasteiger partial charge in [-0.3, -0.25) is 19.7 Å². The Morgan fingerprint density at radius 3 is 2.44 bits per heavy atom. The molecule has 3 aromatic rings. The minimum Gasteiger partial charge on any atom is -0.305 e. The number of hydrogen-bond donors (Lipinski definition) is 2. The Kier molecular flexibility index (Phi) is 4.08. The van der Waals surface area contributed by atoms with Gasteiger partial charge in [0.1, 0.15) is 17.3 Å². The van der Waals surface area contributed by atoms with Crippen LogP contribution in [0.4, 0.5) is 5.69 Å². The first-order valence-corrected chi connectivity index (χ1v) is 8.08. The zero-order valence-electron chi connectivity index (χ0n) is 12.7. The van der Waals surface area contributed by atoms with Crippen LogP contribution in [-0.4, -0.2) is 26.1 Å². The molecular weight excluding hydrogens is 346 g/mol. The van der Waals surface area contributed by atoms with Gasteiger partial charge < -0.3 is 9.97 Å². The van der Waals surface area contributed by atoms with E-state index in [1.54, 1.807) is 12.3 Å². The average Bonchev–Trinajstić information content (AvgIpc) is 2.60. The third-order valence-electron chi connectivity index (χ3n) is 3.53. The van der Waals surface area contributed by atoms with E-state index in [-0.39, 0.29) is 27.8 Å². The molecule has 3 rings (SSSR count). The van der Waals surface area contributed by atoms with Crippen molar-refractivity contribution in [2.75, 3.05) is 6.26 Å². The molecule has 0 spiro atoms. The molecular formula is C15H9N5O4S. The number of pyridine rings is 1. The van der Waals surface area contributed by atoms with Crippen LogP contribution in [0.25, 0.3) is 22.2 Å². The maximum Gasteiger partial charge on any atom is 0.269 e. The van der Waals surface area contributed by atoms with Crippen LogP contribution in [0.2, 0.25) is 0 Å². The number of benzene rings is 1. The van der Waals surface area contributed by atoms with E-state index in [1.165, 1.54) is 36.0 Å². The van der Waals surface area contributed by atoms with E-state index < -0.39 is 16.0 Å². The number of nitro benzene ring substituents is 1. The van der Waals surface area contributed by atoms with E-state index in [0.29, 0.717) is 10.7 Å². The fourth-order valence-corrected chi connectivity index (χ4v) is 2.80. The second kappa shape index (κ2) is 6.21. The molecule has 0 amide bonds. The van der Waals surface area contributed by atoms with Crippen molar-refractivity contribution in [3.8, 4) is 17.2 Å². The second-order valence-corrected chi connectivity index (χ2v) is 5.71. The van der Waals surface area contributed by atoms with Gasteiger partial charge in [0.05, 0.1) is 10.3 Å². The maximum absolute atomic E-state index is 12.5. The summed E-state index contributed by atoms with van der Waals surface area (Å²) >= 11 is 1.19. The summed E-state index contributed by atoms with van der Waals surface area (Å²) in [5.41, 5.74) is -1.13. The molecule has 0 fully saturated rings. The van der Waals surface area contributed by atoms with Crippen LogP contribution in [0.1, 0.15) is 5.56 Å². The third-order valence-corrected chi connectivity index (χ3v) is 4.11. The number of nitrogens with one attached hydrogen (secondary N) is 2. The highest BCUT2D eigenvalue weighted by Crippen LogP contribution is 2.28. The first-order valence-electron chi connectivity index (χ1n) is 6.85. The molecule has 10 heteroatoms. The topological polar surface area (TPSA) is 146 Å². The number of nitro groups is 1. The van der Waals surface area contributed by atoms with Crippen molar-refractivity contribution in [1.82, 2.24) is 15.0 Å². The van der Waals surface area contributed by atoms with Crippen molar-refractivity contribution in [3.63, 3.8) is 0 Å². The molecule has 0 aliphatic rings. The van der Waals surface area contributed by atoms with Gasteiger partial charge in [-0.15, -0.1) is 0 Å². The Balaban J connectivity index is 2.43. The molecule has 25 heavy (non-hydrogen) atoms. The molecule has 2 N–H and O–H groups in total. The number of thioether (sulfide) groups is 1. The van der Waals surface area contributed by atoms with Gasteiger partial charge in [-0.2, -0.15) is 5.26 Å². The van der Waals surface area contributed by atoms with E-state index >= 15 is 0 Å². The normalized spacial score (nSPS) is 10.6. The highest BCUT2D eigenvalue weighted by molar-refractivity contribution is 7.98. The summed E-state index contributed by atoms with van der Waals surface area (Å²) in [6.45, 7) is 0. The first-order chi connectivity index (χ1) is 12.0. The average molecular weight is 355 g/mol. The lowest BCUT2D eigenvalue weighted by Gasteiger charge is -2.08. The lowest BCUT2D eigenvalue weighted by Crippen LogP contribution is -2.19. The van der Waals surface area contributed by atoms with Crippen LogP contribution in [0.15, 0.2) is 39.0 Å². The van der Waals surface area contributed by atoms with Gasteiger partial charge >= 0.3 is 0 Å². The fourth-order valence-electron chi connectivity index (χ4n) is 2.43. The molecule has 0 bridgehead atoms. The number of rotatable bonds is 3. The minimum atomic E-state index is -0.687. The first kappa shape index (κ1) is 16.4. The molecule has 0 unspecified atom stereocenters. The van der Waals surface area contributed by atoms with E-state index in [4.69, 9.17) is 0 Å². The fraction of sp³-hybridized carbons (Fsp3) is 0.0667. The second-order valence-electron chi connectivity index (χ2n) is 4.92. The van der Waals surface area contributed by atoms with Gasteiger partial charge in [0.2, 0.25) is 0 Å². The molecule has 1 aromatic carbocycles. The highest BCUT2D eigenvalue weighted by atomic mass is 32.2. The van der Waals surface area contributed by atoms with Gasteiger partial charge in [-0.1, -0.05) is 11.8 Å². The molecule has 124 valence electrons. The van der Waals surface area contributed by atoms with Crippen LogP contribution < -0.4 is 11.1 Å². The summed E-state index contributed by atoms with van der Waals surface area (Å²) < 4.78 is 0. The van der Waals surface area contributed by atoms with Crippen molar-refractivity contribution in [1.29, 1.82) is 5.26 Å². The molecule has 0 atom stereocenters. The van der Waals surface area contributed by atoms with Gasteiger partial charge in [-0.05, 0) is 24.0 Å². The van der Waals surface area contributed by atoms with E-state index in [9.17, 15) is 25.0 Å². The summed E-state index contributed by atoms with van der Waals surface area (Å²) in [6.07, 6.45) is 1.71. The lowest BCUT2D eigenvalue weighted by molar-refractivity contribution is -0.384. The Morgan fingerprint density at radius 2 is 1.88 bits per heavy atom. The highest BCUT2D eigenvalue weighted by Gasteiger charge is 2.19. The summed E-state index contributed by atoms with van der Waals surface area (Å²) in [7, 11) is 0. The van der Waals surface area contributed by atoms with E-state index in [2.05, 4.69) is 15.0 Å². The predicted molar refractivity (Wildman–Crippen MR) is 91.6 cm³/mol. The van der Waals surface area contributed by atoms with Crippen LogP contribution in [0.5, 0.6) is 0 Å². The van der Waals surface area contributed by atoms with Crippen molar-refractivity contribution < 1.29 is 4.92 Å². The Morgan fingerprint density at radius 1 is 1.20 bits per heavy atom. The summed E-state index contributed by atoms with van der Waals surface area (Å²) in [5.74, 6) is 0. The molecule has 9 nitrogen and oxygen atoms in total. The molecule has 0 aliphatic heterocycles. The van der Waals surface area contributed by atoms with Gasteiger partial charge in [-0.25, -0.2) is 4.98 Å². The Labute approximate surface area is 143 Å². The van der Waals surface area contributed by atoms with Gasteiger partial charge in [0.15, 0.2) is 5.16 Å². The monoisotopic (exact) mass is 355 g/mol. The van der Waals surface area contributed by atoms with Crippen molar-refractivity contribution in [3.05, 3.63) is 60.7 Å². The summed E-state index contributed by atoms with van der Waals surface area (Å²) in [4.78, 5) is 44.0. The standard InChI is InChI=1S/C15H9N5O4S/c1-25-15-18-12-11(14(22)19-15)10(9(6-16)13(21)17-12)7-2-4-8(5-3-7)20(23)24/h2-5H,1H3,(H2,17,18,19,21,22). The number of H-pyrrole nitrogens is 2. The largest absolute Gasteiger partial charge is 0.305 e. The van der Waals surface area contributed by atoms with E-state index in [1.807, 2.05) is 0 Å². The molecule has 2 heterocycles. The van der Waals surface area contributed by atoms with Crippen LogP contribution >= 0.6 is 11.8 Å². The van der Waals surface area contributed by atoms with Crippen LogP contribution in [0.3, 0.4) is 0 Å². The number of aromatic nitrogens is 3. The number of fused-ring (bicyclic) bond motifs is 1. The summed E-state index contributed by atoms with van der Waals surface area (Å²) in [6, 6.07) is 7.03. The number of non-ortho nitro benzene ring substituents is 1. The lowest BCUT2D eigenvalue weighted by atomic mass is 9.98. The van der Waals surface area contributed by atoms with E-state index in [0.717, 1.165) is 0 Å². The van der Waals surface area contributed by atoms with Crippen molar-refractivity contribution in [2.45, 2.75) is 5.16 Å². The zero-order chi connectivity index (χ0) is 18.1. The van der Waals surface area contributed by atoms with Gasteiger partial charge in [0.25, 0.3) is 16.8 Å². The van der Waals surface area contributed by atoms with Crippen molar-refractivity contribution >= 4 is 28.5 Å².